The number of carbonyl (C=O) groups is 1. The van der Waals surface area contributed by atoms with Crippen LogP contribution < -0.4 is 10.6 Å². The maximum Gasteiger partial charge on any atom is 0.282 e. The molecule has 2 fully saturated rings. The van der Waals surface area contributed by atoms with E-state index in [2.05, 4.69) is 25.7 Å². The van der Waals surface area contributed by atoms with Crippen LogP contribution in [0.15, 0.2) is 0 Å². The van der Waals surface area contributed by atoms with Gasteiger partial charge in [0.05, 0.1) is 0 Å². The summed E-state index contributed by atoms with van der Waals surface area (Å²) < 4.78 is 0. The number of piperidine rings is 1. The van der Waals surface area contributed by atoms with Gasteiger partial charge in [0.15, 0.2) is 0 Å². The Morgan fingerprint density at radius 1 is 1.40 bits per heavy atom. The second-order valence-corrected chi connectivity index (χ2v) is 6.45. The summed E-state index contributed by atoms with van der Waals surface area (Å²) in [5, 5.41) is 15.3. The van der Waals surface area contributed by atoms with Crippen molar-refractivity contribution in [2.45, 2.75) is 44.7 Å². The first kappa shape index (κ1) is 13.8. The van der Waals surface area contributed by atoms with Gasteiger partial charge in [0.2, 0.25) is 10.1 Å². The van der Waals surface area contributed by atoms with Gasteiger partial charge in [0.25, 0.3) is 5.91 Å². The molecule has 0 spiro atoms. The first-order valence-corrected chi connectivity index (χ1v) is 8.20. The van der Waals surface area contributed by atoms with Crippen molar-refractivity contribution in [3.63, 3.8) is 0 Å². The summed E-state index contributed by atoms with van der Waals surface area (Å²) in [6.07, 6.45) is 4.69. The molecule has 2 N–H and O–H groups in total. The molecule has 2 atom stereocenters. The van der Waals surface area contributed by atoms with Crippen molar-refractivity contribution in [1.82, 2.24) is 20.4 Å². The number of nitrogens with one attached hydrogen (secondary N) is 2. The van der Waals surface area contributed by atoms with Crippen molar-refractivity contribution in [3.05, 3.63) is 5.01 Å². The fourth-order valence-corrected chi connectivity index (χ4v) is 3.85. The number of hydrogen-bond acceptors (Lipinski definition) is 6. The van der Waals surface area contributed by atoms with Crippen LogP contribution in [-0.2, 0) is 0 Å². The highest BCUT2D eigenvalue weighted by Crippen LogP contribution is 2.27. The fraction of sp³-hybridized carbons (Fsp3) is 0.769. The number of nitrogens with zero attached hydrogens (tertiary/aromatic N) is 3. The molecule has 0 aliphatic carbocycles. The van der Waals surface area contributed by atoms with Crippen LogP contribution in [0, 0.1) is 0 Å². The number of anilines is 1. The Morgan fingerprint density at radius 2 is 2.30 bits per heavy atom. The van der Waals surface area contributed by atoms with E-state index in [0.717, 1.165) is 25.9 Å². The molecule has 2 aliphatic heterocycles. The number of hydrogen-bond donors (Lipinski definition) is 2. The van der Waals surface area contributed by atoms with Gasteiger partial charge in [-0.25, -0.2) is 0 Å². The van der Waals surface area contributed by atoms with Gasteiger partial charge in [-0.05, 0) is 39.2 Å². The molecule has 0 aromatic carbocycles. The van der Waals surface area contributed by atoms with Crippen LogP contribution in [0.4, 0.5) is 5.13 Å². The first-order valence-electron chi connectivity index (χ1n) is 7.38. The highest BCUT2D eigenvalue weighted by Gasteiger charge is 2.32. The van der Waals surface area contributed by atoms with E-state index < -0.39 is 0 Å². The van der Waals surface area contributed by atoms with Gasteiger partial charge in [-0.3, -0.25) is 4.79 Å². The van der Waals surface area contributed by atoms with E-state index in [0.29, 0.717) is 16.2 Å². The lowest BCUT2D eigenvalue weighted by Crippen LogP contribution is -2.47. The van der Waals surface area contributed by atoms with E-state index in [1.807, 2.05) is 6.92 Å². The molecule has 20 heavy (non-hydrogen) atoms. The smallest absolute Gasteiger partial charge is 0.282 e. The van der Waals surface area contributed by atoms with Gasteiger partial charge < -0.3 is 15.5 Å². The maximum absolute atomic E-state index is 12.2. The maximum atomic E-state index is 12.2. The Labute approximate surface area is 123 Å². The number of rotatable bonds is 4. The average molecular weight is 295 g/mol. The van der Waals surface area contributed by atoms with Gasteiger partial charge in [-0.1, -0.05) is 11.3 Å². The summed E-state index contributed by atoms with van der Waals surface area (Å²) in [5.41, 5.74) is 0. The largest absolute Gasteiger partial charge is 0.360 e. The normalized spacial score (nSPS) is 26.2. The summed E-state index contributed by atoms with van der Waals surface area (Å²) in [6.45, 7) is 5.12. The monoisotopic (exact) mass is 295 g/mol. The molecule has 3 rings (SSSR count). The minimum atomic E-state index is -0.0805. The van der Waals surface area contributed by atoms with Crippen molar-refractivity contribution >= 4 is 22.4 Å². The molecule has 1 aromatic heterocycles. The van der Waals surface area contributed by atoms with Crippen molar-refractivity contribution < 1.29 is 4.79 Å². The molecule has 1 aromatic rings. The molecule has 2 aliphatic rings. The highest BCUT2D eigenvalue weighted by molar-refractivity contribution is 7.17. The van der Waals surface area contributed by atoms with Crippen molar-refractivity contribution in [1.29, 1.82) is 0 Å². The SMILES string of the molecule is CCNc1nnc(C(=O)NC2CCN3CCCC3C2)s1. The van der Waals surface area contributed by atoms with Gasteiger partial charge in [0.1, 0.15) is 0 Å². The molecule has 0 saturated carbocycles. The first-order chi connectivity index (χ1) is 9.76. The predicted octanol–water partition coefficient (Wildman–Crippen LogP) is 1.33. The Balaban J connectivity index is 1.55. The third-order valence-electron chi connectivity index (χ3n) is 4.10. The number of amides is 1. The van der Waals surface area contributed by atoms with Crippen molar-refractivity contribution in [2.24, 2.45) is 0 Å². The molecule has 2 unspecified atom stereocenters. The zero-order valence-corrected chi connectivity index (χ0v) is 12.6. The lowest BCUT2D eigenvalue weighted by atomic mass is 9.97. The zero-order chi connectivity index (χ0) is 13.9. The van der Waals surface area contributed by atoms with Crippen LogP contribution in [0.5, 0.6) is 0 Å². The Hall–Kier alpha value is -1.21. The summed E-state index contributed by atoms with van der Waals surface area (Å²) in [5.74, 6) is -0.0805. The Kier molecular flexibility index (Phi) is 4.16. The molecule has 0 bridgehead atoms. The molecular formula is C13H21N5OS. The topological polar surface area (TPSA) is 70.1 Å². The quantitative estimate of drug-likeness (QED) is 0.877. The number of fused-ring (bicyclic) bond motifs is 1. The van der Waals surface area contributed by atoms with Crippen LogP contribution in [0.3, 0.4) is 0 Å². The second-order valence-electron chi connectivity index (χ2n) is 5.47. The van der Waals surface area contributed by atoms with E-state index in [4.69, 9.17) is 0 Å². The van der Waals surface area contributed by atoms with Crippen LogP contribution in [-0.4, -0.2) is 52.7 Å². The average Bonchev–Trinajstić information content (AvgIpc) is 3.07. The predicted molar refractivity (Wildman–Crippen MR) is 79.2 cm³/mol. The number of carbonyl (C=O) groups excluding carboxylic acids is 1. The molecule has 1 amide bonds. The van der Waals surface area contributed by atoms with E-state index in [1.165, 1.54) is 30.7 Å². The summed E-state index contributed by atoms with van der Waals surface area (Å²) in [6, 6.07) is 0.953. The molecule has 2 saturated heterocycles. The van der Waals surface area contributed by atoms with Crippen molar-refractivity contribution in [3.8, 4) is 0 Å². The lowest BCUT2D eigenvalue weighted by Gasteiger charge is -2.34. The van der Waals surface area contributed by atoms with Gasteiger partial charge in [-0.2, -0.15) is 0 Å². The summed E-state index contributed by atoms with van der Waals surface area (Å²) in [4.78, 5) is 14.7. The minimum absolute atomic E-state index is 0.0805. The highest BCUT2D eigenvalue weighted by atomic mass is 32.1. The molecular weight excluding hydrogens is 274 g/mol. The third kappa shape index (κ3) is 2.93. The standard InChI is InChI=1S/C13H21N5OS/c1-2-14-13-17-16-12(20-13)11(19)15-9-5-7-18-6-3-4-10(18)8-9/h9-10H,2-8H2,1H3,(H,14,17)(H,15,19). The van der Waals surface area contributed by atoms with Crippen molar-refractivity contribution in [2.75, 3.05) is 25.0 Å². The van der Waals surface area contributed by atoms with E-state index in [-0.39, 0.29) is 11.9 Å². The van der Waals surface area contributed by atoms with Crippen LogP contribution in [0.25, 0.3) is 0 Å². The Morgan fingerprint density at radius 3 is 3.15 bits per heavy atom. The minimum Gasteiger partial charge on any atom is -0.360 e. The molecule has 7 heteroatoms. The summed E-state index contributed by atoms with van der Waals surface area (Å²) >= 11 is 1.32. The summed E-state index contributed by atoms with van der Waals surface area (Å²) in [7, 11) is 0. The lowest BCUT2D eigenvalue weighted by molar-refractivity contribution is 0.0895. The van der Waals surface area contributed by atoms with E-state index in [9.17, 15) is 4.79 Å². The molecule has 0 radical (unpaired) electrons. The third-order valence-corrected chi connectivity index (χ3v) is 4.98. The van der Waals surface area contributed by atoms with Gasteiger partial charge >= 0.3 is 0 Å². The van der Waals surface area contributed by atoms with Crippen LogP contribution >= 0.6 is 11.3 Å². The fourth-order valence-electron chi connectivity index (χ4n) is 3.14. The number of aromatic nitrogens is 2. The molecule has 3 heterocycles. The Bertz CT molecular complexity index is 477. The van der Waals surface area contributed by atoms with E-state index in [1.54, 1.807) is 0 Å². The van der Waals surface area contributed by atoms with Gasteiger partial charge in [-0.15, -0.1) is 10.2 Å². The zero-order valence-electron chi connectivity index (χ0n) is 11.8. The van der Waals surface area contributed by atoms with E-state index >= 15 is 0 Å². The molecule has 6 nitrogen and oxygen atoms in total. The second kappa shape index (κ2) is 6.05. The van der Waals surface area contributed by atoms with Crippen LogP contribution in [0.2, 0.25) is 0 Å². The molecule has 110 valence electrons. The van der Waals surface area contributed by atoms with Gasteiger partial charge in [0, 0.05) is 25.2 Å². The van der Waals surface area contributed by atoms with Crippen LogP contribution in [0.1, 0.15) is 42.4 Å².